The molecule has 29 heavy (non-hydrogen) atoms. The summed E-state index contributed by atoms with van der Waals surface area (Å²) in [5.41, 5.74) is 0.523. The maximum atomic E-state index is 12.9. The lowest BCUT2D eigenvalue weighted by molar-refractivity contribution is 0.0954. The number of carbonyl (C=O) groups is 1. The van der Waals surface area contributed by atoms with Crippen molar-refractivity contribution in [3.8, 4) is 5.75 Å². The molecule has 1 atom stereocenters. The zero-order valence-electron chi connectivity index (χ0n) is 16.5. The number of nitrogens with zero attached hydrogens (tertiary/aromatic N) is 2. The summed E-state index contributed by atoms with van der Waals surface area (Å²) in [6, 6.07) is 9.32. The van der Waals surface area contributed by atoms with Crippen molar-refractivity contribution in [2.24, 2.45) is 4.99 Å². The van der Waals surface area contributed by atoms with Crippen molar-refractivity contribution in [1.29, 1.82) is 0 Å². The lowest BCUT2D eigenvalue weighted by Crippen LogP contribution is -2.42. The van der Waals surface area contributed by atoms with Crippen LogP contribution < -0.4 is 20.7 Å². The molecule has 2 rings (SSSR count). The van der Waals surface area contributed by atoms with E-state index in [0.717, 1.165) is 0 Å². The summed E-state index contributed by atoms with van der Waals surface area (Å²) in [7, 11) is 0. The summed E-state index contributed by atoms with van der Waals surface area (Å²) >= 11 is 0. The largest absolute Gasteiger partial charge is 0.489 e. The predicted molar refractivity (Wildman–Crippen MR) is 122 cm³/mol. The molecule has 0 aliphatic rings. The van der Waals surface area contributed by atoms with Crippen molar-refractivity contribution >= 4 is 35.8 Å². The third kappa shape index (κ3) is 9.55. The first kappa shape index (κ1) is 24.6. The Morgan fingerprint density at radius 1 is 1.17 bits per heavy atom. The quantitative estimate of drug-likeness (QED) is 0.207. The molecule has 9 heteroatoms. The van der Waals surface area contributed by atoms with Gasteiger partial charge in [0.15, 0.2) is 5.96 Å². The van der Waals surface area contributed by atoms with Gasteiger partial charge >= 0.3 is 0 Å². The minimum atomic E-state index is -0.299. The van der Waals surface area contributed by atoms with Gasteiger partial charge in [-0.25, -0.2) is 9.38 Å². The normalized spacial score (nSPS) is 11.8. The molecule has 1 amide bonds. The second-order valence-corrected chi connectivity index (χ2v) is 6.03. The smallest absolute Gasteiger partial charge is 0.252 e. The molecule has 0 radical (unpaired) electrons. The molecule has 3 N–H and O–H groups in total. The standard InChI is InChI=1S/C20H26FN5O2.HI/c1-3-23-20(25-12-11-24-19(27)16-5-4-10-22-14-16)26-13-15(2)28-18-8-6-17(21)7-9-18;/h4-10,14-15H,3,11-13H2,1-2H3,(H,24,27)(H2,23,25,26);1H. The van der Waals surface area contributed by atoms with E-state index in [1.807, 2.05) is 13.8 Å². The molecule has 0 bridgehead atoms. The van der Waals surface area contributed by atoms with E-state index in [9.17, 15) is 9.18 Å². The fourth-order valence-corrected chi connectivity index (χ4v) is 2.30. The summed E-state index contributed by atoms with van der Waals surface area (Å²) in [5, 5.41) is 9.12. The Kier molecular flexibility index (Phi) is 11.6. The highest BCUT2D eigenvalue weighted by atomic mass is 127. The number of aromatic nitrogens is 1. The van der Waals surface area contributed by atoms with Crippen LogP contribution in [0, 0.1) is 5.82 Å². The van der Waals surface area contributed by atoms with E-state index in [1.165, 1.54) is 18.3 Å². The number of carbonyl (C=O) groups excluding carboxylic acids is 1. The van der Waals surface area contributed by atoms with E-state index in [1.54, 1.807) is 30.5 Å². The highest BCUT2D eigenvalue weighted by Crippen LogP contribution is 2.13. The van der Waals surface area contributed by atoms with Crippen LogP contribution in [0.25, 0.3) is 0 Å². The van der Waals surface area contributed by atoms with Crippen LogP contribution in [0.1, 0.15) is 24.2 Å². The van der Waals surface area contributed by atoms with Gasteiger partial charge in [0.05, 0.1) is 12.1 Å². The van der Waals surface area contributed by atoms with E-state index in [-0.39, 0.29) is 41.8 Å². The van der Waals surface area contributed by atoms with Crippen molar-refractivity contribution in [2.75, 3.05) is 26.2 Å². The number of hydrogen-bond acceptors (Lipinski definition) is 4. The van der Waals surface area contributed by atoms with E-state index in [4.69, 9.17) is 4.74 Å². The van der Waals surface area contributed by atoms with Crippen LogP contribution in [0.4, 0.5) is 4.39 Å². The van der Waals surface area contributed by atoms with Crippen molar-refractivity contribution in [3.05, 3.63) is 60.2 Å². The highest BCUT2D eigenvalue weighted by molar-refractivity contribution is 14.0. The lowest BCUT2D eigenvalue weighted by atomic mass is 10.3. The van der Waals surface area contributed by atoms with Gasteiger partial charge < -0.3 is 20.7 Å². The van der Waals surface area contributed by atoms with Gasteiger partial charge in [0.1, 0.15) is 17.7 Å². The Morgan fingerprint density at radius 3 is 2.55 bits per heavy atom. The van der Waals surface area contributed by atoms with Crippen LogP contribution in [-0.2, 0) is 0 Å². The van der Waals surface area contributed by atoms with Crippen LogP contribution in [0.3, 0.4) is 0 Å². The molecule has 0 fully saturated rings. The van der Waals surface area contributed by atoms with Crippen LogP contribution in [0.15, 0.2) is 53.8 Å². The highest BCUT2D eigenvalue weighted by Gasteiger charge is 2.06. The summed E-state index contributed by atoms with van der Waals surface area (Å²) < 4.78 is 18.6. The van der Waals surface area contributed by atoms with Crippen LogP contribution in [0.2, 0.25) is 0 Å². The zero-order chi connectivity index (χ0) is 20.2. The van der Waals surface area contributed by atoms with Crippen molar-refractivity contribution in [3.63, 3.8) is 0 Å². The van der Waals surface area contributed by atoms with Gasteiger partial charge in [-0.15, -0.1) is 24.0 Å². The first-order valence-corrected chi connectivity index (χ1v) is 9.21. The number of rotatable bonds is 9. The van der Waals surface area contributed by atoms with Gasteiger partial charge in [-0.05, 0) is 50.2 Å². The topological polar surface area (TPSA) is 87.6 Å². The second-order valence-electron chi connectivity index (χ2n) is 6.03. The van der Waals surface area contributed by atoms with Gasteiger partial charge in [0, 0.05) is 32.0 Å². The molecular formula is C20H27FIN5O2. The maximum absolute atomic E-state index is 12.9. The number of amides is 1. The average Bonchev–Trinajstić information content (AvgIpc) is 2.71. The first-order chi connectivity index (χ1) is 13.6. The molecule has 0 saturated heterocycles. The van der Waals surface area contributed by atoms with E-state index in [2.05, 4.69) is 25.9 Å². The van der Waals surface area contributed by atoms with Crippen LogP contribution in [-0.4, -0.2) is 49.1 Å². The number of nitrogens with one attached hydrogen (secondary N) is 3. The van der Waals surface area contributed by atoms with Crippen LogP contribution >= 0.6 is 24.0 Å². The number of guanidine groups is 1. The molecule has 2 aromatic rings. The number of aliphatic imine (C=N–C) groups is 1. The predicted octanol–water partition coefficient (Wildman–Crippen LogP) is 2.59. The average molecular weight is 515 g/mol. The molecule has 1 unspecified atom stereocenters. The Labute approximate surface area is 187 Å². The third-order valence-electron chi connectivity index (χ3n) is 3.63. The second kappa shape index (κ2) is 13.7. The molecule has 0 saturated carbocycles. The molecule has 1 aromatic heterocycles. The number of hydrogen-bond donors (Lipinski definition) is 3. The monoisotopic (exact) mass is 515 g/mol. The van der Waals surface area contributed by atoms with Crippen LogP contribution in [0.5, 0.6) is 5.75 Å². The summed E-state index contributed by atoms with van der Waals surface area (Å²) in [5.74, 6) is 0.762. The van der Waals surface area contributed by atoms with Gasteiger partial charge in [-0.1, -0.05) is 0 Å². The minimum Gasteiger partial charge on any atom is -0.489 e. The molecule has 0 aliphatic carbocycles. The molecule has 158 valence electrons. The fraction of sp³-hybridized carbons (Fsp3) is 0.350. The number of halogens is 2. The van der Waals surface area contributed by atoms with Gasteiger partial charge in [-0.3, -0.25) is 9.78 Å². The van der Waals surface area contributed by atoms with Crippen molar-refractivity contribution in [1.82, 2.24) is 20.9 Å². The summed E-state index contributed by atoms with van der Waals surface area (Å²) in [4.78, 5) is 20.4. The minimum absolute atomic E-state index is 0. The van der Waals surface area contributed by atoms with Crippen molar-refractivity contribution < 1.29 is 13.9 Å². The van der Waals surface area contributed by atoms with Gasteiger partial charge in [0.2, 0.25) is 0 Å². The van der Waals surface area contributed by atoms with Gasteiger partial charge in [0.25, 0.3) is 5.91 Å². The first-order valence-electron chi connectivity index (χ1n) is 9.21. The van der Waals surface area contributed by atoms with E-state index in [0.29, 0.717) is 43.5 Å². The molecule has 1 aromatic carbocycles. The molecule has 7 nitrogen and oxygen atoms in total. The fourth-order valence-electron chi connectivity index (χ4n) is 2.30. The number of pyridine rings is 1. The Balaban J connectivity index is 0.00000420. The Morgan fingerprint density at radius 2 is 1.90 bits per heavy atom. The lowest BCUT2D eigenvalue weighted by Gasteiger charge is -2.15. The summed E-state index contributed by atoms with van der Waals surface area (Å²) in [6.07, 6.45) is 2.97. The van der Waals surface area contributed by atoms with Crippen molar-refractivity contribution in [2.45, 2.75) is 20.0 Å². The zero-order valence-corrected chi connectivity index (χ0v) is 18.9. The third-order valence-corrected chi connectivity index (χ3v) is 3.63. The van der Waals surface area contributed by atoms with E-state index < -0.39 is 0 Å². The molecule has 0 aliphatic heterocycles. The van der Waals surface area contributed by atoms with Gasteiger partial charge in [-0.2, -0.15) is 0 Å². The maximum Gasteiger partial charge on any atom is 0.252 e. The Bertz CT molecular complexity index is 759. The molecular weight excluding hydrogens is 488 g/mol. The molecule has 1 heterocycles. The number of benzene rings is 1. The SMILES string of the molecule is CCNC(=NCC(C)Oc1ccc(F)cc1)NCCNC(=O)c1cccnc1.I. The number of ether oxygens (including phenoxy) is 1. The summed E-state index contributed by atoms with van der Waals surface area (Å²) in [6.45, 7) is 5.96. The van der Waals surface area contributed by atoms with E-state index >= 15 is 0 Å². The Hall–Kier alpha value is -2.43. The molecule has 0 spiro atoms.